The van der Waals surface area contributed by atoms with E-state index in [1.54, 1.807) is 11.3 Å². The van der Waals surface area contributed by atoms with E-state index in [0.29, 0.717) is 13.0 Å². The Labute approximate surface area is 104 Å². The maximum Gasteiger partial charge on any atom is 0.223 e. The summed E-state index contributed by atoms with van der Waals surface area (Å²) in [5, 5.41) is 13.0. The Morgan fingerprint density at radius 3 is 3.00 bits per heavy atom. The Hall–Kier alpha value is -1.40. The monoisotopic (exact) mass is 252 g/mol. The number of nitrogens with two attached hydrogens (primary N) is 1. The number of aryl methyl sites for hydroxylation is 1. The molecule has 2 aromatic rings. The van der Waals surface area contributed by atoms with Gasteiger partial charge < -0.3 is 16.2 Å². The van der Waals surface area contributed by atoms with Crippen molar-refractivity contribution in [3.63, 3.8) is 0 Å². The molecule has 0 fully saturated rings. The molecule has 2 rings (SSSR count). The van der Waals surface area contributed by atoms with E-state index in [9.17, 15) is 0 Å². The van der Waals surface area contributed by atoms with Crippen LogP contribution in [0.15, 0.2) is 6.07 Å². The Morgan fingerprint density at radius 1 is 1.47 bits per heavy atom. The fourth-order valence-electron chi connectivity index (χ4n) is 1.58. The van der Waals surface area contributed by atoms with Crippen LogP contribution in [0.4, 0.5) is 11.8 Å². The highest BCUT2D eigenvalue weighted by Gasteiger charge is 2.09. The number of fused-ring (bicyclic) bond motifs is 1. The quantitative estimate of drug-likeness (QED) is 0.704. The molecular formula is C11H16N4OS. The van der Waals surface area contributed by atoms with Crippen molar-refractivity contribution in [1.29, 1.82) is 0 Å². The van der Waals surface area contributed by atoms with Crippen molar-refractivity contribution in [2.24, 2.45) is 0 Å². The number of aliphatic hydroxyl groups excluding tert-OH is 1. The van der Waals surface area contributed by atoms with Crippen LogP contribution in [0.3, 0.4) is 0 Å². The van der Waals surface area contributed by atoms with Gasteiger partial charge in [0, 0.05) is 18.0 Å². The van der Waals surface area contributed by atoms with Gasteiger partial charge in [0.1, 0.15) is 10.6 Å². The molecule has 0 saturated carbocycles. The topological polar surface area (TPSA) is 84.1 Å². The molecule has 0 unspecified atom stereocenters. The summed E-state index contributed by atoms with van der Waals surface area (Å²) in [6.07, 6.45) is 1.67. The van der Waals surface area contributed by atoms with Crippen molar-refractivity contribution < 1.29 is 5.11 Å². The minimum absolute atomic E-state index is 0.167. The van der Waals surface area contributed by atoms with Crippen LogP contribution in [0.5, 0.6) is 0 Å². The largest absolute Gasteiger partial charge is 0.396 e. The minimum atomic E-state index is 0.167. The fourth-order valence-corrected chi connectivity index (χ4v) is 2.56. The first-order valence-electron chi connectivity index (χ1n) is 5.65. The van der Waals surface area contributed by atoms with Crippen LogP contribution in [0.2, 0.25) is 0 Å². The van der Waals surface area contributed by atoms with Gasteiger partial charge in [0.25, 0.3) is 0 Å². The molecule has 17 heavy (non-hydrogen) atoms. The highest BCUT2D eigenvalue weighted by molar-refractivity contribution is 7.18. The number of nitrogens with zero attached hydrogens (tertiary/aromatic N) is 2. The van der Waals surface area contributed by atoms with Crippen LogP contribution in [-0.2, 0) is 6.42 Å². The molecule has 0 saturated heterocycles. The van der Waals surface area contributed by atoms with Crippen LogP contribution in [-0.4, -0.2) is 28.2 Å². The SMILES string of the molecule is CCc1cc2c(NCCCO)nc(N)nc2s1. The third-order valence-corrected chi connectivity index (χ3v) is 3.61. The number of aromatic nitrogens is 2. The third kappa shape index (κ3) is 2.65. The van der Waals surface area contributed by atoms with Gasteiger partial charge >= 0.3 is 0 Å². The first-order valence-corrected chi connectivity index (χ1v) is 6.47. The van der Waals surface area contributed by atoms with Gasteiger partial charge in [0.2, 0.25) is 5.95 Å². The molecule has 0 bridgehead atoms. The number of nitrogen functional groups attached to an aromatic ring is 1. The molecule has 2 heterocycles. The molecule has 0 aromatic carbocycles. The third-order valence-electron chi connectivity index (χ3n) is 2.44. The second-order valence-electron chi connectivity index (χ2n) is 3.72. The van der Waals surface area contributed by atoms with E-state index in [4.69, 9.17) is 10.8 Å². The Balaban J connectivity index is 2.34. The summed E-state index contributed by atoms with van der Waals surface area (Å²) in [6.45, 7) is 2.96. The zero-order valence-electron chi connectivity index (χ0n) is 9.73. The van der Waals surface area contributed by atoms with Gasteiger partial charge in [-0.15, -0.1) is 11.3 Å². The molecule has 0 atom stereocenters. The highest BCUT2D eigenvalue weighted by atomic mass is 32.1. The van der Waals surface area contributed by atoms with Gasteiger partial charge in [-0.2, -0.15) is 4.98 Å². The van der Waals surface area contributed by atoms with E-state index in [1.807, 2.05) is 0 Å². The molecule has 4 N–H and O–H groups in total. The van der Waals surface area contributed by atoms with Crippen LogP contribution >= 0.6 is 11.3 Å². The van der Waals surface area contributed by atoms with Crippen LogP contribution in [0.1, 0.15) is 18.2 Å². The molecule has 0 radical (unpaired) electrons. The number of thiophene rings is 1. The van der Waals surface area contributed by atoms with Crippen molar-refractivity contribution in [3.8, 4) is 0 Å². The normalized spacial score (nSPS) is 10.9. The first kappa shape index (κ1) is 12.1. The second-order valence-corrected chi connectivity index (χ2v) is 4.83. The summed E-state index contributed by atoms with van der Waals surface area (Å²) in [7, 11) is 0. The van der Waals surface area contributed by atoms with Crippen molar-refractivity contribution >= 4 is 33.3 Å². The summed E-state index contributed by atoms with van der Waals surface area (Å²) in [4.78, 5) is 10.6. The number of hydrogen-bond acceptors (Lipinski definition) is 6. The molecule has 0 aliphatic rings. The van der Waals surface area contributed by atoms with Crippen LogP contribution < -0.4 is 11.1 Å². The van der Waals surface area contributed by atoms with Gasteiger partial charge in [-0.1, -0.05) is 6.92 Å². The summed E-state index contributed by atoms with van der Waals surface area (Å²) in [5.74, 6) is 1.05. The maximum atomic E-state index is 8.76. The number of anilines is 2. The average molecular weight is 252 g/mol. The summed E-state index contributed by atoms with van der Waals surface area (Å²) >= 11 is 1.64. The lowest BCUT2D eigenvalue weighted by Crippen LogP contribution is -2.07. The predicted octanol–water partition coefficient (Wildman–Crippen LogP) is 1.63. The first-order chi connectivity index (χ1) is 8.24. The van der Waals surface area contributed by atoms with E-state index >= 15 is 0 Å². The molecule has 92 valence electrons. The maximum absolute atomic E-state index is 8.76. The summed E-state index contributed by atoms with van der Waals surface area (Å²) < 4.78 is 0. The molecule has 0 amide bonds. The standard InChI is InChI=1S/C11H16N4OS/c1-2-7-6-8-9(13-4-3-5-16)14-11(12)15-10(8)17-7/h6,16H,2-5H2,1H3,(H3,12,13,14,15). The van der Waals surface area contributed by atoms with E-state index in [2.05, 4.69) is 28.3 Å². The zero-order chi connectivity index (χ0) is 12.3. The van der Waals surface area contributed by atoms with Crippen LogP contribution in [0.25, 0.3) is 10.2 Å². The molecule has 6 heteroatoms. The van der Waals surface area contributed by atoms with Crippen molar-refractivity contribution in [3.05, 3.63) is 10.9 Å². The lowest BCUT2D eigenvalue weighted by atomic mass is 10.3. The average Bonchev–Trinajstić information content (AvgIpc) is 2.72. The smallest absolute Gasteiger partial charge is 0.223 e. The highest BCUT2D eigenvalue weighted by Crippen LogP contribution is 2.29. The Bertz CT molecular complexity index is 511. The van der Waals surface area contributed by atoms with Gasteiger partial charge in [-0.25, -0.2) is 4.98 Å². The fraction of sp³-hybridized carbons (Fsp3) is 0.455. The molecular weight excluding hydrogens is 236 g/mol. The number of rotatable bonds is 5. The Kier molecular flexibility index (Phi) is 3.75. The van der Waals surface area contributed by atoms with Gasteiger partial charge in [0.15, 0.2) is 0 Å². The van der Waals surface area contributed by atoms with Crippen molar-refractivity contribution in [2.75, 3.05) is 24.2 Å². The zero-order valence-corrected chi connectivity index (χ0v) is 10.5. The molecule has 0 spiro atoms. The summed E-state index contributed by atoms with van der Waals surface area (Å²) in [6, 6.07) is 2.10. The van der Waals surface area contributed by atoms with E-state index in [-0.39, 0.29) is 12.6 Å². The number of hydrogen-bond donors (Lipinski definition) is 3. The number of aliphatic hydroxyl groups is 1. The summed E-state index contributed by atoms with van der Waals surface area (Å²) in [5.41, 5.74) is 5.67. The van der Waals surface area contributed by atoms with Gasteiger partial charge in [-0.05, 0) is 18.9 Å². The van der Waals surface area contributed by atoms with Crippen LogP contribution in [0, 0.1) is 0 Å². The Morgan fingerprint density at radius 2 is 2.29 bits per heavy atom. The van der Waals surface area contributed by atoms with Crippen molar-refractivity contribution in [2.45, 2.75) is 19.8 Å². The van der Waals surface area contributed by atoms with E-state index < -0.39 is 0 Å². The molecule has 5 nitrogen and oxygen atoms in total. The number of nitrogens with one attached hydrogen (secondary N) is 1. The molecule has 0 aliphatic heterocycles. The van der Waals surface area contributed by atoms with E-state index in [1.165, 1.54) is 4.88 Å². The second kappa shape index (κ2) is 5.29. The lowest BCUT2D eigenvalue weighted by Gasteiger charge is -2.05. The lowest BCUT2D eigenvalue weighted by molar-refractivity contribution is 0.292. The van der Waals surface area contributed by atoms with E-state index in [0.717, 1.165) is 22.5 Å². The molecule has 0 aliphatic carbocycles. The van der Waals surface area contributed by atoms with Gasteiger partial charge in [0.05, 0.1) is 5.39 Å². The minimum Gasteiger partial charge on any atom is -0.396 e. The predicted molar refractivity (Wildman–Crippen MR) is 71.4 cm³/mol. The van der Waals surface area contributed by atoms with Crippen molar-refractivity contribution in [1.82, 2.24) is 9.97 Å². The van der Waals surface area contributed by atoms with Gasteiger partial charge in [-0.3, -0.25) is 0 Å². The molecule has 2 aromatic heterocycles.